The zero-order valence-corrected chi connectivity index (χ0v) is 12.5. The van der Waals surface area contributed by atoms with Gasteiger partial charge in [0, 0.05) is 31.2 Å². The van der Waals surface area contributed by atoms with E-state index in [4.69, 9.17) is 0 Å². The highest BCUT2D eigenvalue weighted by atomic mass is 32.1. The van der Waals surface area contributed by atoms with E-state index in [1.54, 1.807) is 34.5 Å². The monoisotopic (exact) mass is 310 g/mol. The van der Waals surface area contributed by atoms with E-state index in [1.165, 1.54) is 6.08 Å². The molecular weight excluding hydrogens is 296 g/mol. The van der Waals surface area contributed by atoms with E-state index in [1.807, 2.05) is 41.2 Å². The summed E-state index contributed by atoms with van der Waals surface area (Å²) in [5.74, 6) is 0.606. The molecule has 0 fully saturated rings. The summed E-state index contributed by atoms with van der Waals surface area (Å²) in [4.78, 5) is 16.1. The fourth-order valence-corrected chi connectivity index (χ4v) is 2.52. The highest BCUT2D eigenvalue weighted by molar-refractivity contribution is 7.08. The number of carbonyl (C=O) groups excluding carboxylic acids is 1. The summed E-state index contributed by atoms with van der Waals surface area (Å²) < 4.78 is 1.68. The van der Waals surface area contributed by atoms with Gasteiger partial charge in [0.2, 0.25) is 5.91 Å². The van der Waals surface area contributed by atoms with Crippen LogP contribution in [0.3, 0.4) is 0 Å². The number of hydrogen-bond acceptors (Lipinski definition) is 4. The lowest BCUT2D eigenvalue weighted by atomic mass is 10.2. The van der Waals surface area contributed by atoms with Crippen LogP contribution in [0.15, 0.2) is 59.7 Å². The van der Waals surface area contributed by atoms with Crippen LogP contribution in [0.25, 0.3) is 11.9 Å². The van der Waals surface area contributed by atoms with Gasteiger partial charge in [0.05, 0.1) is 0 Å². The lowest BCUT2D eigenvalue weighted by molar-refractivity contribution is -0.116. The van der Waals surface area contributed by atoms with E-state index in [9.17, 15) is 4.79 Å². The van der Waals surface area contributed by atoms with Crippen molar-refractivity contribution < 1.29 is 4.79 Å². The van der Waals surface area contributed by atoms with E-state index in [2.05, 4.69) is 15.4 Å². The molecule has 0 spiro atoms. The van der Waals surface area contributed by atoms with Gasteiger partial charge in [0.15, 0.2) is 5.82 Å². The standard InChI is InChI=1S/C16H14N4OS/c21-16(3-2-13-5-9-22-12-13)18-11-14-4-7-17-15(10-14)20-8-1-6-19-20/h1-10,12H,11H2,(H,18,21)/b3-2-. The van der Waals surface area contributed by atoms with Crippen LogP contribution >= 0.6 is 11.3 Å². The Morgan fingerprint density at radius 1 is 1.36 bits per heavy atom. The molecule has 0 aromatic carbocycles. The van der Waals surface area contributed by atoms with Crippen LogP contribution < -0.4 is 5.32 Å². The van der Waals surface area contributed by atoms with Crippen LogP contribution in [0, 0.1) is 0 Å². The molecule has 3 rings (SSSR count). The maximum absolute atomic E-state index is 11.8. The van der Waals surface area contributed by atoms with Crippen molar-refractivity contribution in [3.63, 3.8) is 0 Å². The molecule has 6 heteroatoms. The molecule has 1 amide bonds. The van der Waals surface area contributed by atoms with Crippen LogP contribution in [0.4, 0.5) is 0 Å². The van der Waals surface area contributed by atoms with Gasteiger partial charge in [0.1, 0.15) is 0 Å². The first-order chi connectivity index (χ1) is 10.8. The first-order valence-electron chi connectivity index (χ1n) is 6.74. The predicted molar refractivity (Wildman–Crippen MR) is 86.6 cm³/mol. The number of nitrogens with one attached hydrogen (secondary N) is 1. The zero-order valence-electron chi connectivity index (χ0n) is 11.7. The Morgan fingerprint density at radius 3 is 3.09 bits per heavy atom. The van der Waals surface area contributed by atoms with Crippen LogP contribution in [0.1, 0.15) is 11.1 Å². The minimum absolute atomic E-state index is 0.122. The van der Waals surface area contributed by atoms with E-state index in [-0.39, 0.29) is 5.91 Å². The van der Waals surface area contributed by atoms with Crippen molar-refractivity contribution >= 4 is 23.3 Å². The third-order valence-electron chi connectivity index (χ3n) is 2.99. The molecule has 3 aromatic rings. The van der Waals surface area contributed by atoms with Crippen LogP contribution in [-0.2, 0) is 11.3 Å². The summed E-state index contributed by atoms with van der Waals surface area (Å²) in [6, 6.07) is 7.57. The minimum atomic E-state index is -0.122. The molecule has 0 bridgehead atoms. The summed E-state index contributed by atoms with van der Waals surface area (Å²) in [5, 5.41) is 11.0. The number of carbonyl (C=O) groups is 1. The molecule has 5 nitrogen and oxygen atoms in total. The van der Waals surface area contributed by atoms with E-state index in [0.717, 1.165) is 16.9 Å². The van der Waals surface area contributed by atoms with Crippen molar-refractivity contribution in [1.29, 1.82) is 0 Å². The van der Waals surface area contributed by atoms with Crippen LogP contribution in [-0.4, -0.2) is 20.7 Å². The van der Waals surface area contributed by atoms with Gasteiger partial charge < -0.3 is 5.32 Å². The van der Waals surface area contributed by atoms with Crippen molar-refractivity contribution in [1.82, 2.24) is 20.1 Å². The van der Waals surface area contributed by atoms with Crippen molar-refractivity contribution in [2.45, 2.75) is 6.54 Å². The molecule has 3 aromatic heterocycles. The Balaban J connectivity index is 1.59. The van der Waals surface area contributed by atoms with Gasteiger partial charge in [-0.3, -0.25) is 4.79 Å². The summed E-state index contributed by atoms with van der Waals surface area (Å²) in [6.07, 6.45) is 8.57. The number of thiophene rings is 1. The fraction of sp³-hybridized carbons (Fsp3) is 0.0625. The number of hydrogen-bond donors (Lipinski definition) is 1. The Bertz CT molecular complexity index is 763. The summed E-state index contributed by atoms with van der Waals surface area (Å²) >= 11 is 1.60. The first kappa shape index (κ1) is 14.2. The average Bonchev–Trinajstić information content (AvgIpc) is 3.24. The molecule has 22 heavy (non-hydrogen) atoms. The summed E-state index contributed by atoms with van der Waals surface area (Å²) in [5.41, 5.74) is 2.00. The second-order valence-electron chi connectivity index (χ2n) is 4.58. The predicted octanol–water partition coefficient (Wildman–Crippen LogP) is 2.66. The molecule has 110 valence electrons. The first-order valence-corrected chi connectivity index (χ1v) is 7.68. The van der Waals surface area contributed by atoms with E-state index < -0.39 is 0 Å². The Kier molecular flexibility index (Phi) is 4.41. The highest BCUT2D eigenvalue weighted by Gasteiger charge is 2.01. The Morgan fingerprint density at radius 2 is 2.32 bits per heavy atom. The van der Waals surface area contributed by atoms with Gasteiger partial charge in [0.25, 0.3) is 0 Å². The largest absolute Gasteiger partial charge is 0.348 e. The van der Waals surface area contributed by atoms with Gasteiger partial charge in [-0.1, -0.05) is 0 Å². The topological polar surface area (TPSA) is 59.8 Å². The molecule has 0 unspecified atom stereocenters. The number of amides is 1. The molecule has 0 saturated carbocycles. The number of pyridine rings is 1. The van der Waals surface area contributed by atoms with Crippen LogP contribution in [0.2, 0.25) is 0 Å². The molecule has 0 aliphatic heterocycles. The normalized spacial score (nSPS) is 10.9. The van der Waals surface area contributed by atoms with Gasteiger partial charge in [-0.2, -0.15) is 16.4 Å². The van der Waals surface area contributed by atoms with E-state index >= 15 is 0 Å². The number of nitrogens with zero attached hydrogens (tertiary/aromatic N) is 3. The van der Waals surface area contributed by atoms with Crippen molar-refractivity contribution in [3.05, 3.63) is 70.8 Å². The lowest BCUT2D eigenvalue weighted by Crippen LogP contribution is -2.20. The van der Waals surface area contributed by atoms with E-state index in [0.29, 0.717) is 6.54 Å². The SMILES string of the molecule is O=C(/C=C\c1ccsc1)NCc1ccnc(-n2cccn2)c1. The average molecular weight is 310 g/mol. The molecule has 0 saturated heterocycles. The second kappa shape index (κ2) is 6.82. The summed E-state index contributed by atoms with van der Waals surface area (Å²) in [7, 11) is 0. The Labute approximate surface area is 131 Å². The van der Waals surface area contributed by atoms with Crippen molar-refractivity contribution in [3.8, 4) is 5.82 Å². The molecule has 0 aliphatic rings. The maximum Gasteiger partial charge on any atom is 0.244 e. The lowest BCUT2D eigenvalue weighted by Gasteiger charge is -2.05. The molecule has 0 aliphatic carbocycles. The Hall–Kier alpha value is -2.73. The molecule has 0 radical (unpaired) electrons. The molecular formula is C16H14N4OS. The van der Waals surface area contributed by atoms with Crippen molar-refractivity contribution in [2.75, 3.05) is 0 Å². The van der Waals surface area contributed by atoms with Crippen molar-refractivity contribution in [2.24, 2.45) is 0 Å². The molecule has 1 N–H and O–H groups in total. The molecule has 0 atom stereocenters. The summed E-state index contributed by atoms with van der Waals surface area (Å²) in [6.45, 7) is 0.448. The third-order valence-corrected chi connectivity index (χ3v) is 3.69. The quantitative estimate of drug-likeness (QED) is 0.737. The molecule has 3 heterocycles. The second-order valence-corrected chi connectivity index (χ2v) is 5.36. The van der Waals surface area contributed by atoms with Gasteiger partial charge in [-0.15, -0.1) is 0 Å². The number of rotatable bonds is 5. The maximum atomic E-state index is 11.8. The van der Waals surface area contributed by atoms with Gasteiger partial charge in [-0.25, -0.2) is 9.67 Å². The van der Waals surface area contributed by atoms with Gasteiger partial charge in [-0.05, 0) is 52.2 Å². The zero-order chi connectivity index (χ0) is 15.2. The number of aromatic nitrogens is 3. The fourth-order valence-electron chi connectivity index (χ4n) is 1.89. The smallest absolute Gasteiger partial charge is 0.244 e. The highest BCUT2D eigenvalue weighted by Crippen LogP contribution is 2.08. The third kappa shape index (κ3) is 3.67. The minimum Gasteiger partial charge on any atom is -0.348 e. The van der Waals surface area contributed by atoms with Crippen LogP contribution in [0.5, 0.6) is 0 Å². The van der Waals surface area contributed by atoms with Gasteiger partial charge >= 0.3 is 0 Å².